The first-order chi connectivity index (χ1) is 8.82. The third-order valence-corrected chi connectivity index (χ3v) is 3.98. The molecule has 0 aromatic heterocycles. The average molecular weight is 304 g/mol. The lowest BCUT2D eigenvalue weighted by Crippen LogP contribution is -2.41. The molecule has 0 radical (unpaired) electrons. The second-order valence-corrected chi connectivity index (χ2v) is 6.49. The van der Waals surface area contributed by atoms with Gasteiger partial charge in [-0.1, -0.05) is 63.0 Å². The zero-order valence-electron chi connectivity index (χ0n) is 12.3. The minimum Gasteiger partial charge on any atom is -0.379 e. The Balaban J connectivity index is 3.23. The van der Waals surface area contributed by atoms with Gasteiger partial charge in [0.05, 0.1) is 22.2 Å². The van der Waals surface area contributed by atoms with Gasteiger partial charge in [-0.2, -0.15) is 0 Å². The van der Waals surface area contributed by atoms with E-state index in [4.69, 9.17) is 27.9 Å². The smallest absolute Gasteiger partial charge is 0.0814 e. The highest BCUT2D eigenvalue weighted by Crippen LogP contribution is 2.37. The highest BCUT2D eigenvalue weighted by Gasteiger charge is 2.34. The Hall–Kier alpha value is -0.280. The number of nitrogens with one attached hydrogen (secondary N) is 1. The van der Waals surface area contributed by atoms with Gasteiger partial charge in [-0.3, -0.25) is 0 Å². The second kappa shape index (κ2) is 6.94. The van der Waals surface area contributed by atoms with Crippen LogP contribution in [0.1, 0.15) is 39.3 Å². The fraction of sp³-hybridized carbons (Fsp3) is 0.600. The van der Waals surface area contributed by atoms with Crippen LogP contribution in [0.15, 0.2) is 18.2 Å². The maximum absolute atomic E-state index is 6.35. The molecule has 0 fully saturated rings. The Morgan fingerprint density at radius 1 is 1.26 bits per heavy atom. The molecular formula is C15H23Cl2NO. The van der Waals surface area contributed by atoms with Crippen LogP contribution >= 0.6 is 23.2 Å². The molecule has 108 valence electrons. The lowest BCUT2D eigenvalue weighted by Gasteiger charge is -2.37. The van der Waals surface area contributed by atoms with Crippen LogP contribution in [0.2, 0.25) is 10.0 Å². The van der Waals surface area contributed by atoms with Crippen molar-refractivity contribution >= 4 is 23.2 Å². The van der Waals surface area contributed by atoms with Crippen LogP contribution in [0.3, 0.4) is 0 Å². The lowest BCUT2D eigenvalue weighted by molar-refractivity contribution is -0.0115. The number of benzene rings is 1. The Kier molecular flexibility index (Phi) is 6.13. The van der Waals surface area contributed by atoms with Gasteiger partial charge < -0.3 is 10.1 Å². The molecule has 2 unspecified atom stereocenters. The van der Waals surface area contributed by atoms with E-state index in [1.165, 1.54) is 0 Å². The zero-order valence-corrected chi connectivity index (χ0v) is 13.8. The van der Waals surface area contributed by atoms with E-state index in [-0.39, 0.29) is 17.6 Å². The molecule has 1 aromatic rings. The van der Waals surface area contributed by atoms with Gasteiger partial charge in [0.2, 0.25) is 0 Å². The van der Waals surface area contributed by atoms with Crippen molar-refractivity contribution in [3.05, 3.63) is 33.8 Å². The molecule has 2 atom stereocenters. The first-order valence-electron chi connectivity index (χ1n) is 6.53. The summed E-state index contributed by atoms with van der Waals surface area (Å²) in [7, 11) is 1.73. The van der Waals surface area contributed by atoms with E-state index < -0.39 is 0 Å². The van der Waals surface area contributed by atoms with Crippen molar-refractivity contribution < 1.29 is 4.74 Å². The van der Waals surface area contributed by atoms with Crippen molar-refractivity contribution in [1.82, 2.24) is 5.32 Å². The minimum atomic E-state index is -0.00671. The number of methoxy groups -OCH3 is 1. The van der Waals surface area contributed by atoms with E-state index >= 15 is 0 Å². The molecule has 1 rings (SSSR count). The molecule has 0 saturated carbocycles. The van der Waals surface area contributed by atoms with Crippen molar-refractivity contribution in [1.29, 1.82) is 0 Å². The van der Waals surface area contributed by atoms with Gasteiger partial charge in [0.25, 0.3) is 0 Å². The number of halogens is 2. The number of hydrogen-bond acceptors (Lipinski definition) is 2. The minimum absolute atomic E-state index is 0.00316. The normalized spacial score (nSPS) is 15.3. The maximum atomic E-state index is 6.35. The van der Waals surface area contributed by atoms with Crippen LogP contribution in [0.4, 0.5) is 0 Å². The summed E-state index contributed by atoms with van der Waals surface area (Å²) in [4.78, 5) is 0. The molecule has 0 bridgehead atoms. The molecule has 0 amide bonds. The van der Waals surface area contributed by atoms with E-state index in [2.05, 4.69) is 33.0 Å². The van der Waals surface area contributed by atoms with E-state index in [0.29, 0.717) is 10.0 Å². The molecular weight excluding hydrogens is 281 g/mol. The molecule has 0 heterocycles. The largest absolute Gasteiger partial charge is 0.379 e. The van der Waals surface area contributed by atoms with Gasteiger partial charge in [0.15, 0.2) is 0 Å². The number of hydrogen-bond donors (Lipinski definition) is 1. The van der Waals surface area contributed by atoms with Gasteiger partial charge in [-0.25, -0.2) is 0 Å². The summed E-state index contributed by atoms with van der Waals surface area (Å²) in [5.74, 6) is 0. The molecule has 2 nitrogen and oxygen atoms in total. The SMILES string of the molecule is CCNC(c1cccc(Cl)c1Cl)C(OC)C(C)(C)C. The molecule has 0 saturated heterocycles. The maximum Gasteiger partial charge on any atom is 0.0814 e. The summed E-state index contributed by atoms with van der Waals surface area (Å²) < 4.78 is 5.71. The van der Waals surface area contributed by atoms with E-state index in [1.807, 2.05) is 12.1 Å². The molecule has 1 N–H and O–H groups in total. The molecule has 1 aromatic carbocycles. The highest BCUT2D eigenvalue weighted by atomic mass is 35.5. The summed E-state index contributed by atoms with van der Waals surface area (Å²) in [6.07, 6.45) is 0.00316. The Bertz CT molecular complexity index is 415. The third kappa shape index (κ3) is 4.09. The Morgan fingerprint density at radius 2 is 1.89 bits per heavy atom. The predicted molar refractivity (Wildman–Crippen MR) is 83.1 cm³/mol. The molecule has 0 aliphatic heterocycles. The van der Waals surface area contributed by atoms with Crippen molar-refractivity contribution in [2.24, 2.45) is 5.41 Å². The van der Waals surface area contributed by atoms with Crippen LogP contribution in [0, 0.1) is 5.41 Å². The van der Waals surface area contributed by atoms with E-state index in [9.17, 15) is 0 Å². The van der Waals surface area contributed by atoms with E-state index in [1.54, 1.807) is 13.2 Å². The van der Waals surface area contributed by atoms with Crippen LogP contribution in [-0.4, -0.2) is 19.8 Å². The van der Waals surface area contributed by atoms with Crippen LogP contribution < -0.4 is 5.32 Å². The van der Waals surface area contributed by atoms with Crippen LogP contribution in [0.5, 0.6) is 0 Å². The Labute approximate surface area is 126 Å². The lowest BCUT2D eigenvalue weighted by atomic mass is 9.82. The van der Waals surface area contributed by atoms with Crippen molar-refractivity contribution in [2.45, 2.75) is 39.8 Å². The van der Waals surface area contributed by atoms with Gasteiger partial charge >= 0.3 is 0 Å². The quantitative estimate of drug-likeness (QED) is 0.851. The first kappa shape index (κ1) is 16.8. The average Bonchev–Trinajstić information content (AvgIpc) is 2.31. The number of ether oxygens (including phenoxy) is 1. The van der Waals surface area contributed by atoms with Gasteiger partial charge in [0.1, 0.15) is 0 Å². The number of likely N-dealkylation sites (N-methyl/N-ethyl adjacent to an activating group) is 1. The summed E-state index contributed by atoms with van der Waals surface area (Å²) in [5.41, 5.74) is 0.977. The molecule has 0 aliphatic carbocycles. The van der Waals surface area contributed by atoms with Crippen LogP contribution in [-0.2, 0) is 4.74 Å². The molecule has 19 heavy (non-hydrogen) atoms. The van der Waals surface area contributed by atoms with Gasteiger partial charge in [-0.05, 0) is 23.6 Å². The fourth-order valence-electron chi connectivity index (χ4n) is 2.35. The third-order valence-electron chi connectivity index (χ3n) is 3.15. The van der Waals surface area contributed by atoms with Gasteiger partial charge in [0, 0.05) is 7.11 Å². The molecule has 0 aliphatic rings. The van der Waals surface area contributed by atoms with Crippen molar-refractivity contribution in [2.75, 3.05) is 13.7 Å². The second-order valence-electron chi connectivity index (χ2n) is 5.70. The van der Waals surface area contributed by atoms with Crippen LogP contribution in [0.25, 0.3) is 0 Å². The van der Waals surface area contributed by atoms with Gasteiger partial charge in [-0.15, -0.1) is 0 Å². The Morgan fingerprint density at radius 3 is 2.37 bits per heavy atom. The molecule has 0 spiro atoms. The topological polar surface area (TPSA) is 21.3 Å². The monoisotopic (exact) mass is 303 g/mol. The summed E-state index contributed by atoms with van der Waals surface area (Å²) in [5, 5.41) is 4.63. The molecule has 4 heteroatoms. The fourth-order valence-corrected chi connectivity index (χ4v) is 2.78. The van der Waals surface area contributed by atoms with Crippen molar-refractivity contribution in [3.8, 4) is 0 Å². The predicted octanol–water partition coefficient (Wildman–Crippen LogP) is 4.71. The summed E-state index contributed by atoms with van der Waals surface area (Å²) in [6.45, 7) is 9.38. The number of rotatable bonds is 5. The first-order valence-corrected chi connectivity index (χ1v) is 7.28. The summed E-state index contributed by atoms with van der Waals surface area (Å²) >= 11 is 12.5. The standard InChI is InChI=1S/C15H23Cl2NO/c1-6-18-13(14(19-5)15(2,3)4)10-8-7-9-11(16)12(10)17/h7-9,13-14,18H,6H2,1-5H3. The van der Waals surface area contributed by atoms with Crippen molar-refractivity contribution in [3.63, 3.8) is 0 Å². The van der Waals surface area contributed by atoms with E-state index in [0.717, 1.165) is 12.1 Å². The highest BCUT2D eigenvalue weighted by molar-refractivity contribution is 6.42. The zero-order chi connectivity index (χ0) is 14.6. The summed E-state index contributed by atoms with van der Waals surface area (Å²) in [6, 6.07) is 5.74.